The van der Waals surface area contributed by atoms with Crippen molar-refractivity contribution >= 4 is 45.8 Å². The molecule has 0 spiro atoms. The normalized spacial score (nSPS) is 17.6. The van der Waals surface area contributed by atoms with E-state index in [1.165, 1.54) is 17.7 Å². The van der Waals surface area contributed by atoms with Gasteiger partial charge >= 0.3 is 0 Å². The predicted molar refractivity (Wildman–Crippen MR) is 127 cm³/mol. The van der Waals surface area contributed by atoms with Gasteiger partial charge in [0.25, 0.3) is 0 Å². The van der Waals surface area contributed by atoms with Gasteiger partial charge in [-0.3, -0.25) is 0 Å². The van der Waals surface area contributed by atoms with Crippen molar-refractivity contribution in [2.75, 3.05) is 25.5 Å². The third-order valence-corrected chi connectivity index (χ3v) is 6.56. The molecule has 8 nitrogen and oxygen atoms in total. The molecule has 1 saturated heterocycles. The van der Waals surface area contributed by atoms with Crippen molar-refractivity contribution in [3.05, 3.63) is 46.7 Å². The average Bonchev–Trinajstić information content (AvgIpc) is 3.35. The molecule has 0 aliphatic carbocycles. The topological polar surface area (TPSA) is 95.8 Å². The minimum absolute atomic E-state index is 0.0245. The summed E-state index contributed by atoms with van der Waals surface area (Å²) >= 11 is 1.37. The number of hydrogen-bond acceptors (Lipinski definition) is 9. The Balaban J connectivity index is 1.29. The summed E-state index contributed by atoms with van der Waals surface area (Å²) in [5.74, 6) is 1.49. The number of aliphatic imine (C=N–C) groups is 1. The Morgan fingerprint density at radius 2 is 2.12 bits per heavy atom. The number of aromatic nitrogens is 3. The smallest absolute Gasteiger partial charge is 0.231 e. The van der Waals surface area contributed by atoms with Gasteiger partial charge < -0.3 is 20.1 Å². The summed E-state index contributed by atoms with van der Waals surface area (Å²) in [5.41, 5.74) is 3.66. The van der Waals surface area contributed by atoms with Gasteiger partial charge in [-0.05, 0) is 56.7 Å². The zero-order chi connectivity index (χ0) is 22.1. The number of aryl methyl sites for hydroxylation is 1. The van der Waals surface area contributed by atoms with Crippen LogP contribution >= 0.6 is 11.3 Å². The van der Waals surface area contributed by atoms with Crippen LogP contribution < -0.4 is 10.1 Å². The fourth-order valence-electron chi connectivity index (χ4n) is 3.82. The highest BCUT2D eigenvalue weighted by atomic mass is 32.1. The molecule has 5 rings (SSSR count). The standard InChI is InChI=1S/C23H24N6O2S/c1-14-9-17(31-16-5-7-29(2)8-6-16)3-4-19(14)27-23-28-22(30)20(32-23)10-15-11-25-21-18(15)12-24-13-26-21/h3-4,9-13,16,30H,5-8H2,1-2H3,(H,27,28). The predicted octanol–water partition coefficient (Wildman–Crippen LogP) is 4.42. The van der Waals surface area contributed by atoms with Gasteiger partial charge in [0.2, 0.25) is 5.88 Å². The van der Waals surface area contributed by atoms with E-state index in [0.717, 1.165) is 54.1 Å². The highest BCUT2D eigenvalue weighted by Crippen LogP contribution is 2.36. The summed E-state index contributed by atoms with van der Waals surface area (Å²) in [6.45, 7) is 4.17. The van der Waals surface area contributed by atoms with Crippen molar-refractivity contribution in [3.63, 3.8) is 0 Å². The number of nitrogens with one attached hydrogen (secondary N) is 1. The number of thiazole rings is 1. The molecule has 9 heteroatoms. The number of piperidine rings is 1. The second kappa shape index (κ2) is 8.68. The fraction of sp³-hybridized carbons (Fsp3) is 0.304. The zero-order valence-corrected chi connectivity index (χ0v) is 18.8. The Morgan fingerprint density at radius 3 is 2.94 bits per heavy atom. The maximum absolute atomic E-state index is 10.3. The SMILES string of the molecule is Cc1cc(OC2CCN(C)CC2)ccc1Nc1nc(O)c(C=C2C=Nc3ncncc32)s1. The van der Waals surface area contributed by atoms with Gasteiger partial charge in [-0.2, -0.15) is 4.98 Å². The molecule has 0 saturated carbocycles. The highest BCUT2D eigenvalue weighted by molar-refractivity contribution is 7.16. The third-order valence-electron chi connectivity index (χ3n) is 5.66. The first-order valence-corrected chi connectivity index (χ1v) is 11.4. The van der Waals surface area contributed by atoms with E-state index in [1.807, 2.05) is 31.2 Å². The van der Waals surface area contributed by atoms with E-state index < -0.39 is 0 Å². The Labute approximate surface area is 190 Å². The Bertz CT molecular complexity index is 1200. The number of nitrogens with zero attached hydrogens (tertiary/aromatic N) is 5. The van der Waals surface area contributed by atoms with E-state index in [9.17, 15) is 5.11 Å². The van der Waals surface area contributed by atoms with E-state index in [0.29, 0.717) is 15.8 Å². The van der Waals surface area contributed by atoms with Crippen LogP contribution in [0.15, 0.2) is 35.7 Å². The number of anilines is 2. The number of benzene rings is 1. The van der Waals surface area contributed by atoms with Crippen molar-refractivity contribution < 1.29 is 9.84 Å². The average molecular weight is 449 g/mol. The molecule has 0 atom stereocenters. The second-order valence-corrected chi connectivity index (χ2v) is 9.08. The van der Waals surface area contributed by atoms with E-state index in [-0.39, 0.29) is 12.0 Å². The highest BCUT2D eigenvalue weighted by Gasteiger charge is 2.19. The fourth-order valence-corrected chi connectivity index (χ4v) is 4.64. The molecule has 0 amide bonds. The van der Waals surface area contributed by atoms with Gasteiger partial charge in [0.15, 0.2) is 10.9 Å². The first-order chi connectivity index (χ1) is 15.5. The van der Waals surface area contributed by atoms with E-state index >= 15 is 0 Å². The minimum Gasteiger partial charge on any atom is -0.492 e. The molecule has 164 valence electrons. The first kappa shape index (κ1) is 20.6. The number of aromatic hydroxyl groups is 1. The van der Waals surface area contributed by atoms with Crippen LogP contribution in [0.25, 0.3) is 11.6 Å². The largest absolute Gasteiger partial charge is 0.492 e. The summed E-state index contributed by atoms with van der Waals surface area (Å²) in [4.78, 5) is 19.7. The molecule has 1 fully saturated rings. The van der Waals surface area contributed by atoms with Gasteiger partial charge in [-0.15, -0.1) is 0 Å². The van der Waals surface area contributed by atoms with Crippen LogP contribution in [0, 0.1) is 6.92 Å². The van der Waals surface area contributed by atoms with Gasteiger partial charge in [-0.25, -0.2) is 15.0 Å². The molecule has 0 bridgehead atoms. The Morgan fingerprint density at radius 1 is 1.28 bits per heavy atom. The Hall–Kier alpha value is -3.30. The lowest BCUT2D eigenvalue weighted by Gasteiger charge is -2.29. The summed E-state index contributed by atoms with van der Waals surface area (Å²) in [6.07, 6.45) is 9.13. The van der Waals surface area contributed by atoms with Crippen molar-refractivity contribution in [2.45, 2.75) is 25.9 Å². The van der Waals surface area contributed by atoms with Crippen LogP contribution in [0.2, 0.25) is 0 Å². The number of rotatable bonds is 5. The molecule has 0 unspecified atom stereocenters. The lowest BCUT2D eigenvalue weighted by atomic mass is 10.1. The monoisotopic (exact) mass is 448 g/mol. The van der Waals surface area contributed by atoms with Crippen molar-refractivity contribution in [1.82, 2.24) is 19.9 Å². The minimum atomic E-state index is -0.0245. The van der Waals surface area contributed by atoms with Crippen LogP contribution in [-0.2, 0) is 0 Å². The molecule has 0 radical (unpaired) electrons. The van der Waals surface area contributed by atoms with Gasteiger partial charge in [0.1, 0.15) is 18.2 Å². The number of fused-ring (bicyclic) bond motifs is 1. The molecule has 2 N–H and O–H groups in total. The first-order valence-electron chi connectivity index (χ1n) is 10.5. The van der Waals surface area contributed by atoms with Crippen molar-refractivity contribution in [3.8, 4) is 11.6 Å². The number of ether oxygens (including phenoxy) is 1. The maximum atomic E-state index is 10.3. The summed E-state index contributed by atoms with van der Waals surface area (Å²) < 4.78 is 6.18. The molecule has 3 aromatic rings. The van der Waals surface area contributed by atoms with E-state index in [1.54, 1.807) is 12.4 Å². The van der Waals surface area contributed by atoms with Crippen LogP contribution in [0.5, 0.6) is 11.6 Å². The van der Waals surface area contributed by atoms with E-state index in [4.69, 9.17) is 4.74 Å². The maximum Gasteiger partial charge on any atom is 0.231 e. The molecular formula is C23H24N6O2S. The van der Waals surface area contributed by atoms with Gasteiger partial charge in [0.05, 0.1) is 4.88 Å². The van der Waals surface area contributed by atoms with Crippen molar-refractivity contribution in [1.29, 1.82) is 0 Å². The lowest BCUT2D eigenvalue weighted by Crippen LogP contribution is -2.35. The van der Waals surface area contributed by atoms with Crippen LogP contribution in [-0.4, -0.2) is 57.4 Å². The lowest BCUT2D eigenvalue weighted by molar-refractivity contribution is 0.114. The van der Waals surface area contributed by atoms with Crippen molar-refractivity contribution in [2.24, 2.45) is 4.99 Å². The van der Waals surface area contributed by atoms with E-state index in [2.05, 4.69) is 37.2 Å². The second-order valence-electron chi connectivity index (χ2n) is 8.05. The van der Waals surface area contributed by atoms with Crippen LogP contribution in [0.3, 0.4) is 0 Å². The number of hydrogen-bond donors (Lipinski definition) is 2. The summed E-state index contributed by atoms with van der Waals surface area (Å²) in [7, 11) is 2.15. The molecule has 32 heavy (non-hydrogen) atoms. The molecule has 1 aromatic carbocycles. The third kappa shape index (κ3) is 4.35. The Kier molecular flexibility index (Phi) is 5.59. The molecular weight excluding hydrogens is 424 g/mol. The number of likely N-dealkylation sites (tertiary alicyclic amines) is 1. The summed E-state index contributed by atoms with van der Waals surface area (Å²) in [5, 5.41) is 14.3. The molecule has 2 aliphatic heterocycles. The number of allylic oxidation sites excluding steroid dienone is 1. The quantitative estimate of drug-likeness (QED) is 0.596. The van der Waals surface area contributed by atoms with Crippen LogP contribution in [0.4, 0.5) is 16.6 Å². The molecule has 4 heterocycles. The molecule has 2 aliphatic rings. The van der Waals surface area contributed by atoms with Gasteiger partial charge in [-0.1, -0.05) is 11.3 Å². The van der Waals surface area contributed by atoms with Gasteiger partial charge in [0, 0.05) is 42.3 Å². The zero-order valence-electron chi connectivity index (χ0n) is 17.9. The molecule has 2 aromatic heterocycles. The van der Waals surface area contributed by atoms with Crippen LogP contribution in [0.1, 0.15) is 28.8 Å². The summed E-state index contributed by atoms with van der Waals surface area (Å²) in [6, 6.07) is 6.02.